The van der Waals surface area contributed by atoms with E-state index in [9.17, 15) is 0 Å². The van der Waals surface area contributed by atoms with Gasteiger partial charge in [-0.25, -0.2) is 0 Å². The van der Waals surface area contributed by atoms with Gasteiger partial charge in [-0.3, -0.25) is 0 Å². The van der Waals surface area contributed by atoms with E-state index in [0.29, 0.717) is 18.1 Å². The van der Waals surface area contributed by atoms with Gasteiger partial charge in [0.2, 0.25) is 0 Å². The summed E-state index contributed by atoms with van der Waals surface area (Å²) in [6, 6.07) is 0. The molecule has 108 valence electrons. The molecule has 1 saturated heterocycles. The van der Waals surface area contributed by atoms with Crippen LogP contribution in [-0.4, -0.2) is 38.5 Å². The molecular formula is C15H31NO2. The lowest BCUT2D eigenvalue weighted by Crippen LogP contribution is -2.28. The molecule has 0 saturated carbocycles. The Balaban J connectivity index is 2.00. The Kier molecular flexibility index (Phi) is 8.64. The third kappa shape index (κ3) is 6.72. The van der Waals surface area contributed by atoms with Gasteiger partial charge >= 0.3 is 0 Å². The van der Waals surface area contributed by atoms with Crippen LogP contribution in [0.25, 0.3) is 0 Å². The van der Waals surface area contributed by atoms with E-state index in [1.54, 1.807) is 0 Å². The van der Waals surface area contributed by atoms with Crippen molar-refractivity contribution in [3.05, 3.63) is 0 Å². The summed E-state index contributed by atoms with van der Waals surface area (Å²) in [7, 11) is 0. The molecule has 1 heterocycles. The molecule has 0 bridgehead atoms. The fraction of sp³-hybridized carbons (Fsp3) is 1.00. The molecular weight excluding hydrogens is 226 g/mol. The van der Waals surface area contributed by atoms with Gasteiger partial charge in [-0.2, -0.15) is 0 Å². The van der Waals surface area contributed by atoms with Gasteiger partial charge in [-0.1, -0.05) is 27.2 Å². The lowest BCUT2D eigenvalue weighted by molar-refractivity contribution is -0.0213. The van der Waals surface area contributed by atoms with Crippen LogP contribution in [0.4, 0.5) is 0 Å². The molecule has 0 radical (unpaired) electrons. The van der Waals surface area contributed by atoms with Gasteiger partial charge in [0.15, 0.2) is 0 Å². The van der Waals surface area contributed by atoms with Crippen LogP contribution < -0.4 is 5.32 Å². The molecule has 0 aromatic rings. The summed E-state index contributed by atoms with van der Waals surface area (Å²) in [5.74, 6) is 0.679. The van der Waals surface area contributed by atoms with Crippen LogP contribution in [-0.2, 0) is 9.47 Å². The Bertz CT molecular complexity index is 199. The van der Waals surface area contributed by atoms with Crippen molar-refractivity contribution >= 4 is 0 Å². The molecule has 3 nitrogen and oxygen atoms in total. The third-order valence-corrected chi connectivity index (χ3v) is 3.48. The number of rotatable bonds is 10. The average Bonchev–Trinajstić information content (AvgIpc) is 2.78. The van der Waals surface area contributed by atoms with E-state index in [0.717, 1.165) is 32.7 Å². The summed E-state index contributed by atoms with van der Waals surface area (Å²) in [6.07, 6.45) is 6.75. The third-order valence-electron chi connectivity index (χ3n) is 3.48. The Morgan fingerprint density at radius 1 is 1.22 bits per heavy atom. The highest BCUT2D eigenvalue weighted by molar-refractivity contribution is 4.75. The lowest BCUT2D eigenvalue weighted by atomic mass is 10.1. The number of nitrogens with one attached hydrogen (secondary N) is 1. The summed E-state index contributed by atoms with van der Waals surface area (Å²) in [5, 5.41) is 3.42. The highest BCUT2D eigenvalue weighted by Crippen LogP contribution is 2.19. The number of ether oxygens (including phenoxy) is 2. The monoisotopic (exact) mass is 257 g/mol. The topological polar surface area (TPSA) is 30.5 Å². The van der Waals surface area contributed by atoms with E-state index in [2.05, 4.69) is 26.1 Å². The molecule has 0 aromatic carbocycles. The van der Waals surface area contributed by atoms with E-state index in [-0.39, 0.29) is 0 Å². The van der Waals surface area contributed by atoms with E-state index in [1.165, 1.54) is 25.7 Å². The van der Waals surface area contributed by atoms with Gasteiger partial charge in [0.05, 0.1) is 18.8 Å². The second-order valence-electron chi connectivity index (χ2n) is 5.59. The van der Waals surface area contributed by atoms with Gasteiger partial charge in [-0.05, 0) is 38.1 Å². The molecule has 0 spiro atoms. The van der Waals surface area contributed by atoms with Crippen molar-refractivity contribution < 1.29 is 9.47 Å². The van der Waals surface area contributed by atoms with Crippen molar-refractivity contribution in [2.24, 2.45) is 5.92 Å². The summed E-state index contributed by atoms with van der Waals surface area (Å²) in [6.45, 7) is 10.4. The maximum absolute atomic E-state index is 5.96. The average molecular weight is 257 g/mol. The van der Waals surface area contributed by atoms with Crippen molar-refractivity contribution in [2.75, 3.05) is 26.3 Å². The molecule has 3 atom stereocenters. The normalized spacial score (nSPS) is 25.5. The maximum atomic E-state index is 5.96. The van der Waals surface area contributed by atoms with Gasteiger partial charge < -0.3 is 14.8 Å². The molecule has 1 N–H and O–H groups in total. The zero-order valence-corrected chi connectivity index (χ0v) is 12.4. The zero-order chi connectivity index (χ0) is 13.2. The second-order valence-corrected chi connectivity index (χ2v) is 5.59. The molecule has 3 heteroatoms. The molecule has 1 aliphatic rings. The van der Waals surface area contributed by atoms with Gasteiger partial charge in [0.25, 0.3) is 0 Å². The first-order valence-electron chi connectivity index (χ1n) is 7.70. The van der Waals surface area contributed by atoms with E-state index >= 15 is 0 Å². The molecule has 0 aromatic heterocycles. The predicted octanol–water partition coefficient (Wildman–Crippen LogP) is 2.99. The van der Waals surface area contributed by atoms with Crippen LogP contribution >= 0.6 is 0 Å². The Morgan fingerprint density at radius 3 is 2.72 bits per heavy atom. The molecule has 1 aliphatic heterocycles. The fourth-order valence-electron chi connectivity index (χ4n) is 2.47. The standard InChI is InChI=1S/C15H31NO2/c1-4-6-13(3)11-17-12-15-8-7-14(18-15)10-16-9-5-2/h13-16H,4-12H2,1-3H3. The van der Waals surface area contributed by atoms with Crippen LogP contribution in [0.5, 0.6) is 0 Å². The highest BCUT2D eigenvalue weighted by Gasteiger charge is 2.24. The van der Waals surface area contributed by atoms with Crippen LogP contribution in [0, 0.1) is 5.92 Å². The molecule has 3 unspecified atom stereocenters. The number of hydrogen-bond donors (Lipinski definition) is 1. The lowest BCUT2D eigenvalue weighted by Gasteiger charge is -2.16. The maximum Gasteiger partial charge on any atom is 0.0813 e. The van der Waals surface area contributed by atoms with E-state index in [4.69, 9.17) is 9.47 Å². The summed E-state index contributed by atoms with van der Waals surface area (Å²) in [5.41, 5.74) is 0. The van der Waals surface area contributed by atoms with Crippen molar-refractivity contribution in [3.8, 4) is 0 Å². The molecule has 1 fully saturated rings. The van der Waals surface area contributed by atoms with Crippen LogP contribution in [0.15, 0.2) is 0 Å². The minimum Gasteiger partial charge on any atom is -0.378 e. The Labute approximate surface area is 113 Å². The first-order chi connectivity index (χ1) is 8.76. The molecule has 18 heavy (non-hydrogen) atoms. The van der Waals surface area contributed by atoms with Crippen LogP contribution in [0.2, 0.25) is 0 Å². The highest BCUT2D eigenvalue weighted by atomic mass is 16.5. The predicted molar refractivity (Wildman–Crippen MR) is 75.9 cm³/mol. The van der Waals surface area contributed by atoms with Crippen molar-refractivity contribution in [1.82, 2.24) is 5.32 Å². The van der Waals surface area contributed by atoms with Crippen LogP contribution in [0.3, 0.4) is 0 Å². The van der Waals surface area contributed by atoms with E-state index < -0.39 is 0 Å². The Hall–Kier alpha value is -0.120. The first kappa shape index (κ1) is 15.9. The zero-order valence-electron chi connectivity index (χ0n) is 12.4. The van der Waals surface area contributed by atoms with Crippen LogP contribution in [0.1, 0.15) is 52.9 Å². The molecule has 0 aliphatic carbocycles. The van der Waals surface area contributed by atoms with E-state index in [1.807, 2.05) is 0 Å². The summed E-state index contributed by atoms with van der Waals surface area (Å²) >= 11 is 0. The Morgan fingerprint density at radius 2 is 2.00 bits per heavy atom. The largest absolute Gasteiger partial charge is 0.378 e. The smallest absolute Gasteiger partial charge is 0.0813 e. The molecule has 1 rings (SSSR count). The van der Waals surface area contributed by atoms with Crippen molar-refractivity contribution in [2.45, 2.75) is 65.1 Å². The quantitative estimate of drug-likeness (QED) is 0.610. The summed E-state index contributed by atoms with van der Waals surface area (Å²) in [4.78, 5) is 0. The minimum absolute atomic E-state index is 0.326. The molecule has 0 amide bonds. The van der Waals surface area contributed by atoms with Gasteiger partial charge in [0, 0.05) is 13.2 Å². The fourth-order valence-corrected chi connectivity index (χ4v) is 2.47. The SMILES string of the molecule is CCCNCC1CCC(COCC(C)CCC)O1. The number of hydrogen-bond acceptors (Lipinski definition) is 3. The first-order valence-corrected chi connectivity index (χ1v) is 7.70. The van der Waals surface area contributed by atoms with Crippen molar-refractivity contribution in [3.63, 3.8) is 0 Å². The van der Waals surface area contributed by atoms with Crippen molar-refractivity contribution in [1.29, 1.82) is 0 Å². The van der Waals surface area contributed by atoms with Gasteiger partial charge in [-0.15, -0.1) is 0 Å². The minimum atomic E-state index is 0.326. The summed E-state index contributed by atoms with van der Waals surface area (Å²) < 4.78 is 11.7. The van der Waals surface area contributed by atoms with Gasteiger partial charge in [0.1, 0.15) is 0 Å². The second kappa shape index (κ2) is 9.76.